The number of ether oxygens (including phenoxy) is 1. The summed E-state index contributed by atoms with van der Waals surface area (Å²) in [5.41, 5.74) is 19.9. The zero-order chi connectivity index (χ0) is 47.9. The van der Waals surface area contributed by atoms with Crippen LogP contribution in [-0.4, -0.2) is 7.28 Å². The Labute approximate surface area is 423 Å². The number of hydrogen-bond donors (Lipinski definition) is 1. The van der Waals surface area contributed by atoms with Crippen LogP contribution in [0.2, 0.25) is 0 Å². The molecule has 0 saturated heterocycles. The van der Waals surface area contributed by atoms with Crippen molar-refractivity contribution in [1.82, 2.24) is 0 Å². The van der Waals surface area contributed by atoms with Gasteiger partial charge in [-0.25, -0.2) is 0 Å². The highest BCUT2D eigenvalue weighted by Gasteiger charge is 2.40. The molecule has 4 heterocycles. The molecular weight excluding hydrogens is 904 g/mol. The van der Waals surface area contributed by atoms with E-state index in [-0.39, 0.29) is 10.8 Å². The van der Waals surface area contributed by atoms with Crippen LogP contribution in [-0.2, 0) is 10.8 Å². The summed E-state index contributed by atoms with van der Waals surface area (Å²) in [4.78, 5) is 4.84. The molecule has 3 aliphatic rings. The first-order valence-corrected chi connectivity index (χ1v) is 26.5. The second-order valence-corrected chi connectivity index (χ2v) is 23.5. The van der Waals surface area contributed by atoms with E-state index in [0.29, 0.717) is 7.28 Å². The summed E-state index contributed by atoms with van der Waals surface area (Å²) in [6.45, 7) is 14.2. The van der Waals surface area contributed by atoms with Gasteiger partial charge in [-0.05, 0) is 132 Å². The van der Waals surface area contributed by atoms with Crippen molar-refractivity contribution in [2.75, 3.05) is 10.2 Å². The van der Waals surface area contributed by atoms with Gasteiger partial charge in [0.1, 0.15) is 22.7 Å². The van der Waals surface area contributed by atoms with Gasteiger partial charge in [-0.1, -0.05) is 141 Å². The summed E-state index contributed by atoms with van der Waals surface area (Å²) in [7, 11) is 0.698. The highest BCUT2D eigenvalue weighted by Crippen LogP contribution is 2.54. The van der Waals surface area contributed by atoms with Gasteiger partial charge < -0.3 is 19.4 Å². The third-order valence-electron chi connectivity index (χ3n) is 15.8. The number of benzene rings is 9. The van der Waals surface area contributed by atoms with Crippen LogP contribution in [0.3, 0.4) is 0 Å². The predicted octanol–water partition coefficient (Wildman–Crippen LogP) is 17.4. The van der Waals surface area contributed by atoms with Crippen molar-refractivity contribution in [2.24, 2.45) is 0 Å². The summed E-state index contributed by atoms with van der Waals surface area (Å²) in [5.74, 6) is 1.79. The second kappa shape index (κ2) is 15.7. The summed E-state index contributed by atoms with van der Waals surface area (Å²) >= 11 is 3.65. The Kier molecular flexibility index (Phi) is 9.41. The van der Waals surface area contributed by atoms with Gasteiger partial charge in [0.2, 0.25) is 0 Å². The molecule has 0 fully saturated rings. The molecule has 2 aliphatic heterocycles. The van der Waals surface area contributed by atoms with E-state index >= 15 is 0 Å². The van der Waals surface area contributed by atoms with Crippen LogP contribution in [0.15, 0.2) is 178 Å². The molecule has 1 aliphatic carbocycles. The number of nitrogens with zero attached hydrogens (tertiary/aromatic N) is 1. The van der Waals surface area contributed by atoms with Crippen molar-refractivity contribution >= 4 is 112 Å². The van der Waals surface area contributed by atoms with Crippen LogP contribution in [0.5, 0.6) is 11.5 Å². The van der Waals surface area contributed by atoms with E-state index in [0.717, 1.165) is 95.5 Å². The van der Waals surface area contributed by atoms with Crippen LogP contribution < -0.4 is 25.9 Å². The van der Waals surface area contributed by atoms with Crippen LogP contribution >= 0.6 is 23.1 Å². The fraction of sp³-hybridized carbons (Fsp3) is 0.156. The average molecular weight is 955 g/mol. The highest BCUT2D eigenvalue weighted by atomic mass is 32.2. The van der Waals surface area contributed by atoms with Crippen LogP contribution in [0, 0.1) is 13.8 Å². The van der Waals surface area contributed by atoms with E-state index < -0.39 is 0 Å². The largest absolute Gasteiger partial charge is 0.455 e. The van der Waals surface area contributed by atoms with E-state index in [1.165, 1.54) is 64.6 Å². The molecule has 71 heavy (non-hydrogen) atoms. The molecule has 2 aromatic heterocycles. The first kappa shape index (κ1) is 42.7. The van der Waals surface area contributed by atoms with Crippen molar-refractivity contribution in [1.29, 1.82) is 0 Å². The molecule has 0 bridgehead atoms. The van der Waals surface area contributed by atoms with Gasteiger partial charge in [0, 0.05) is 82.1 Å². The number of anilines is 5. The quantitative estimate of drug-likeness (QED) is 0.174. The lowest BCUT2D eigenvalue weighted by molar-refractivity contribution is 0.332. The summed E-state index contributed by atoms with van der Waals surface area (Å²) in [6, 6.07) is 60.4. The van der Waals surface area contributed by atoms with Crippen LogP contribution in [0.25, 0.3) is 64.4 Å². The van der Waals surface area contributed by atoms with Crippen molar-refractivity contribution in [3.05, 3.63) is 186 Å². The maximum Gasteiger partial charge on any atom is 0.198 e. The van der Waals surface area contributed by atoms with E-state index in [9.17, 15) is 0 Å². The fourth-order valence-electron chi connectivity index (χ4n) is 11.9. The first-order chi connectivity index (χ1) is 34.5. The number of thiophene rings is 1. The summed E-state index contributed by atoms with van der Waals surface area (Å²) in [5, 5.41) is 8.81. The van der Waals surface area contributed by atoms with E-state index in [4.69, 9.17) is 9.15 Å². The highest BCUT2D eigenvalue weighted by molar-refractivity contribution is 7.99. The molecule has 0 spiro atoms. The van der Waals surface area contributed by atoms with Crippen molar-refractivity contribution < 1.29 is 9.15 Å². The minimum absolute atomic E-state index is 0.0117. The molecule has 0 unspecified atom stereocenters. The topological polar surface area (TPSA) is 37.6 Å². The Balaban J connectivity index is 1.09. The zero-order valence-corrected chi connectivity index (χ0v) is 42.4. The standard InChI is InChI=1S/C64H51BN2O2S2/c1-36-24-25-48(41(28-36)38-16-8-7-9-17-38)66-49-34-58-42(40-19-11-14-22-56(40)70-58)30-44(49)60-61-52(31-43-39-18-10-12-20-53(39)69-62(43)60)67(50-32-46-45(29-37(50)2)63(3,4)26-27-64(46,5)6)51-35-55-59(33-47(51)65-61)71-57-23-15-13-21-54(57)68-55/h7-25,28-35,65-66H,26-27H2,1-6H3. The van der Waals surface area contributed by atoms with E-state index in [1.807, 2.05) is 11.3 Å². The molecule has 344 valence electrons. The van der Waals surface area contributed by atoms with Crippen LogP contribution in [0.4, 0.5) is 28.4 Å². The number of nitrogens with one attached hydrogen (secondary N) is 1. The summed E-state index contributed by atoms with van der Waals surface area (Å²) in [6.07, 6.45) is 2.29. The van der Waals surface area contributed by atoms with Crippen molar-refractivity contribution in [2.45, 2.75) is 75.0 Å². The molecule has 0 saturated carbocycles. The smallest absolute Gasteiger partial charge is 0.198 e. The number of rotatable bonds is 5. The Bertz CT molecular complexity index is 4050. The van der Waals surface area contributed by atoms with E-state index in [1.54, 1.807) is 11.8 Å². The normalized spacial score (nSPS) is 15.2. The molecule has 4 nitrogen and oxygen atoms in total. The lowest BCUT2D eigenvalue weighted by Crippen LogP contribution is -2.41. The van der Waals surface area contributed by atoms with Gasteiger partial charge in [0.15, 0.2) is 7.28 Å². The SMILES string of the molecule is Cc1ccc(Nc2cc3sc4ccccc4c3cc2-c2c3c(cc4c2oc2ccccc24)N(c2cc4c(cc2C)C(C)(C)CCC4(C)C)c2cc4c(cc2B3)Sc2ccccc2O4)c(-c2ccccc2)c1. The van der Waals surface area contributed by atoms with E-state index in [2.05, 4.69) is 216 Å². The van der Waals surface area contributed by atoms with Gasteiger partial charge in [-0.3, -0.25) is 0 Å². The number of aryl methyl sites for hydroxylation is 2. The maximum absolute atomic E-state index is 7.24. The van der Waals surface area contributed by atoms with Gasteiger partial charge in [0.05, 0.1) is 9.79 Å². The monoisotopic (exact) mass is 954 g/mol. The number of para-hydroxylation sites is 2. The predicted molar refractivity (Wildman–Crippen MR) is 304 cm³/mol. The number of fused-ring (bicyclic) bond motifs is 11. The molecule has 1 N–H and O–H groups in total. The Morgan fingerprint density at radius 2 is 1.31 bits per heavy atom. The molecule has 0 atom stereocenters. The average Bonchev–Trinajstić information content (AvgIpc) is 3.93. The Morgan fingerprint density at radius 3 is 2.15 bits per heavy atom. The van der Waals surface area contributed by atoms with Crippen LogP contribution in [0.1, 0.15) is 62.8 Å². The molecule has 9 aromatic carbocycles. The zero-order valence-electron chi connectivity index (χ0n) is 40.8. The van der Waals surface area contributed by atoms with Gasteiger partial charge >= 0.3 is 0 Å². The van der Waals surface area contributed by atoms with Crippen molar-refractivity contribution in [3.8, 4) is 33.8 Å². The van der Waals surface area contributed by atoms with Gasteiger partial charge in [-0.15, -0.1) is 11.3 Å². The Morgan fingerprint density at radius 1 is 0.563 bits per heavy atom. The molecule has 0 amide bonds. The third kappa shape index (κ3) is 6.73. The van der Waals surface area contributed by atoms with Gasteiger partial charge in [-0.2, -0.15) is 0 Å². The molecular formula is C64H51BN2O2S2. The lowest BCUT2D eigenvalue weighted by Gasteiger charge is -2.44. The third-order valence-corrected chi connectivity index (χ3v) is 18.0. The molecule has 0 radical (unpaired) electrons. The molecule has 14 rings (SSSR count). The summed E-state index contributed by atoms with van der Waals surface area (Å²) < 4.78 is 16.6. The van der Waals surface area contributed by atoms with Crippen molar-refractivity contribution in [3.63, 3.8) is 0 Å². The fourth-order valence-corrected chi connectivity index (χ4v) is 14.0. The molecule has 7 heteroatoms. The number of furan rings is 1. The van der Waals surface area contributed by atoms with Gasteiger partial charge in [0.25, 0.3) is 0 Å². The maximum atomic E-state index is 7.24. The molecule has 11 aromatic rings. The minimum atomic E-state index is 0.0117. The first-order valence-electron chi connectivity index (χ1n) is 24.9. The Hall–Kier alpha value is -7.19. The lowest BCUT2D eigenvalue weighted by atomic mass is 9.57. The number of hydrogen-bond acceptors (Lipinski definition) is 6. The second-order valence-electron chi connectivity index (χ2n) is 21.3. The minimum Gasteiger partial charge on any atom is -0.455 e.